The minimum absolute atomic E-state index is 0.136. The fourth-order valence-electron chi connectivity index (χ4n) is 7.34. The average molecular weight is 675 g/mol. The zero-order chi connectivity index (χ0) is 34.6. The summed E-state index contributed by atoms with van der Waals surface area (Å²) in [5, 5.41) is 0. The van der Waals surface area contributed by atoms with Crippen molar-refractivity contribution in [2.24, 2.45) is 0 Å². The van der Waals surface area contributed by atoms with Gasteiger partial charge in [0.15, 0.2) is 0 Å². The monoisotopic (exact) mass is 674 g/mol. The number of aromatic nitrogens is 4. The summed E-state index contributed by atoms with van der Waals surface area (Å²) >= 11 is 0. The summed E-state index contributed by atoms with van der Waals surface area (Å²) in [6.07, 6.45) is 10.4. The van der Waals surface area contributed by atoms with Crippen LogP contribution in [0, 0.1) is 6.92 Å². The predicted octanol–water partition coefficient (Wildman–Crippen LogP) is 9.20. The third-order valence-electron chi connectivity index (χ3n) is 9.90. The molecule has 1 fully saturated rings. The number of fused-ring (bicyclic) bond motifs is 2. The third kappa shape index (κ3) is 7.32. The standard InChI is InChI=1S/C41H46N4O5/c1-4-12-38-43-39-27(2)23-31(35-26-44-22-11-10-17-37(44)42-35)24-36(39)45(38)25-29-18-20-30(21-19-29)33-15-8-9-16-34(33)40(46)48-28(3)49-41(47)50-32-13-6-5-7-14-32/h8-9,15-16,18-21,23-24,26,28,32H,4-7,10-14,17,22,25H2,1-3H3. The number of aryl methyl sites for hydroxylation is 4. The molecule has 0 bridgehead atoms. The van der Waals surface area contributed by atoms with Gasteiger partial charge in [0.1, 0.15) is 17.8 Å². The quantitative estimate of drug-likeness (QED) is 0.108. The van der Waals surface area contributed by atoms with Gasteiger partial charge in [-0.15, -0.1) is 0 Å². The smallest absolute Gasteiger partial charge is 0.431 e. The van der Waals surface area contributed by atoms with Crippen molar-refractivity contribution in [3.05, 3.63) is 95.2 Å². The Bertz CT molecular complexity index is 1960. The van der Waals surface area contributed by atoms with Crippen LogP contribution in [0.3, 0.4) is 0 Å². The van der Waals surface area contributed by atoms with Gasteiger partial charge in [-0.3, -0.25) is 0 Å². The molecule has 1 unspecified atom stereocenters. The second kappa shape index (κ2) is 14.9. The van der Waals surface area contributed by atoms with E-state index in [9.17, 15) is 9.59 Å². The van der Waals surface area contributed by atoms with Gasteiger partial charge in [0, 0.05) is 44.6 Å². The van der Waals surface area contributed by atoms with Crippen molar-refractivity contribution < 1.29 is 23.8 Å². The molecule has 50 heavy (non-hydrogen) atoms. The first-order chi connectivity index (χ1) is 24.4. The van der Waals surface area contributed by atoms with Crippen LogP contribution in [-0.4, -0.2) is 43.6 Å². The Balaban J connectivity index is 1.09. The summed E-state index contributed by atoms with van der Waals surface area (Å²) < 4.78 is 20.8. The largest absolute Gasteiger partial charge is 0.511 e. The van der Waals surface area contributed by atoms with Gasteiger partial charge in [0.05, 0.1) is 22.3 Å². The lowest BCUT2D eigenvalue weighted by Crippen LogP contribution is -2.26. The van der Waals surface area contributed by atoms with Crippen LogP contribution in [0.25, 0.3) is 33.4 Å². The highest BCUT2D eigenvalue weighted by molar-refractivity contribution is 5.97. The number of benzene rings is 3. The lowest BCUT2D eigenvalue weighted by molar-refractivity contribution is -0.0914. The summed E-state index contributed by atoms with van der Waals surface area (Å²) in [5.41, 5.74) is 8.60. The van der Waals surface area contributed by atoms with E-state index in [1.54, 1.807) is 12.1 Å². The molecule has 3 aromatic carbocycles. The number of rotatable bonds is 10. The maximum atomic E-state index is 13.3. The molecule has 1 aliphatic heterocycles. The van der Waals surface area contributed by atoms with Crippen LogP contribution < -0.4 is 0 Å². The van der Waals surface area contributed by atoms with Crippen molar-refractivity contribution in [1.82, 2.24) is 19.1 Å². The zero-order valence-electron chi connectivity index (χ0n) is 29.3. The van der Waals surface area contributed by atoms with Gasteiger partial charge in [0.25, 0.3) is 0 Å². The zero-order valence-corrected chi connectivity index (χ0v) is 29.3. The molecule has 2 aromatic heterocycles. The van der Waals surface area contributed by atoms with Crippen LogP contribution in [0.15, 0.2) is 66.9 Å². The highest BCUT2D eigenvalue weighted by atomic mass is 16.8. The van der Waals surface area contributed by atoms with Crippen molar-refractivity contribution >= 4 is 23.2 Å². The van der Waals surface area contributed by atoms with Crippen molar-refractivity contribution in [1.29, 1.82) is 0 Å². The Hall–Kier alpha value is -4.92. The Morgan fingerprint density at radius 1 is 0.920 bits per heavy atom. The Morgan fingerprint density at radius 3 is 2.50 bits per heavy atom. The topological polar surface area (TPSA) is 97.5 Å². The van der Waals surface area contributed by atoms with Gasteiger partial charge in [0.2, 0.25) is 6.29 Å². The maximum absolute atomic E-state index is 13.3. The second-order valence-electron chi connectivity index (χ2n) is 13.7. The van der Waals surface area contributed by atoms with E-state index in [1.807, 2.05) is 24.3 Å². The van der Waals surface area contributed by atoms with Crippen molar-refractivity contribution in [2.45, 2.75) is 110 Å². The number of nitrogens with zero attached hydrogens (tertiary/aromatic N) is 4. The van der Waals surface area contributed by atoms with Crippen LogP contribution in [0.1, 0.15) is 98.3 Å². The predicted molar refractivity (Wildman–Crippen MR) is 193 cm³/mol. The molecule has 0 saturated heterocycles. The molecule has 0 N–H and O–H groups in total. The van der Waals surface area contributed by atoms with Crippen LogP contribution in [0.4, 0.5) is 4.79 Å². The van der Waals surface area contributed by atoms with E-state index in [4.69, 9.17) is 24.2 Å². The summed E-state index contributed by atoms with van der Waals surface area (Å²) in [6, 6.07) is 20.1. The molecule has 0 amide bonds. The Kier molecular flexibility index (Phi) is 10.0. The maximum Gasteiger partial charge on any atom is 0.511 e. The lowest BCUT2D eigenvalue weighted by atomic mass is 9.98. The Morgan fingerprint density at radius 2 is 1.72 bits per heavy atom. The van der Waals surface area contributed by atoms with Gasteiger partial charge in [-0.25, -0.2) is 19.6 Å². The van der Waals surface area contributed by atoms with Gasteiger partial charge in [-0.2, -0.15) is 0 Å². The normalized spacial score (nSPS) is 15.4. The lowest BCUT2D eigenvalue weighted by Gasteiger charge is -2.22. The van der Waals surface area contributed by atoms with E-state index >= 15 is 0 Å². The molecule has 7 rings (SSSR count). The fraction of sp³-hybridized carbons (Fsp3) is 0.415. The molecule has 1 atom stereocenters. The first-order valence-electron chi connectivity index (χ1n) is 18.2. The van der Waals surface area contributed by atoms with Crippen LogP contribution in [0.2, 0.25) is 0 Å². The molecule has 1 saturated carbocycles. The first-order valence-corrected chi connectivity index (χ1v) is 18.2. The average Bonchev–Trinajstić information content (AvgIpc) is 3.71. The molecule has 260 valence electrons. The first kappa shape index (κ1) is 33.6. The minimum atomic E-state index is -1.08. The van der Waals surface area contributed by atoms with Gasteiger partial charge >= 0.3 is 12.1 Å². The molecule has 0 spiro atoms. The number of esters is 1. The van der Waals surface area contributed by atoms with E-state index in [-0.39, 0.29) is 6.10 Å². The van der Waals surface area contributed by atoms with Crippen molar-refractivity contribution in [3.63, 3.8) is 0 Å². The highest BCUT2D eigenvalue weighted by Gasteiger charge is 2.23. The van der Waals surface area contributed by atoms with Gasteiger partial charge in [-0.1, -0.05) is 55.8 Å². The van der Waals surface area contributed by atoms with E-state index < -0.39 is 18.4 Å². The summed E-state index contributed by atoms with van der Waals surface area (Å²) in [4.78, 5) is 35.7. The summed E-state index contributed by atoms with van der Waals surface area (Å²) in [6.45, 7) is 7.56. The number of carbonyl (C=O) groups is 2. The van der Waals surface area contributed by atoms with E-state index in [1.165, 1.54) is 25.6 Å². The highest BCUT2D eigenvalue weighted by Crippen LogP contribution is 2.31. The van der Waals surface area contributed by atoms with Crippen molar-refractivity contribution in [2.75, 3.05) is 0 Å². The molecule has 2 aliphatic rings. The minimum Gasteiger partial charge on any atom is -0.431 e. The third-order valence-corrected chi connectivity index (χ3v) is 9.90. The van der Waals surface area contributed by atoms with Crippen LogP contribution in [-0.2, 0) is 40.1 Å². The number of hydrogen-bond donors (Lipinski definition) is 0. The molecule has 1 aliphatic carbocycles. The fourth-order valence-corrected chi connectivity index (χ4v) is 7.34. The molecular formula is C41H46N4O5. The summed E-state index contributed by atoms with van der Waals surface area (Å²) in [5.74, 6) is 1.68. The summed E-state index contributed by atoms with van der Waals surface area (Å²) in [7, 11) is 0. The number of ether oxygens (including phenoxy) is 3. The molecule has 9 heteroatoms. The van der Waals surface area contributed by atoms with E-state index in [0.717, 1.165) is 108 Å². The second-order valence-corrected chi connectivity index (χ2v) is 13.7. The van der Waals surface area contributed by atoms with Crippen LogP contribution in [0.5, 0.6) is 0 Å². The molecular weight excluding hydrogens is 628 g/mol. The molecule has 0 radical (unpaired) electrons. The van der Waals surface area contributed by atoms with Gasteiger partial charge in [-0.05, 0) is 92.3 Å². The SMILES string of the molecule is CCCc1nc2c(C)cc(-c3cn4c(n3)CCCC4)cc2n1Cc1ccc(-c2ccccc2C(=O)OC(C)OC(=O)OC2CCCCC2)cc1. The number of imidazole rings is 2. The number of carbonyl (C=O) groups excluding carboxylic acids is 2. The van der Waals surface area contributed by atoms with Crippen molar-refractivity contribution in [3.8, 4) is 22.4 Å². The molecule has 3 heterocycles. The van der Waals surface area contributed by atoms with Crippen LogP contribution >= 0.6 is 0 Å². The molecule has 5 aromatic rings. The number of hydrogen-bond acceptors (Lipinski definition) is 7. The van der Waals surface area contributed by atoms with E-state index in [0.29, 0.717) is 12.1 Å². The Labute approximate surface area is 293 Å². The molecule has 9 nitrogen and oxygen atoms in total. The van der Waals surface area contributed by atoms with Gasteiger partial charge < -0.3 is 23.3 Å². The van der Waals surface area contributed by atoms with E-state index in [2.05, 4.69) is 53.4 Å².